The largest absolute Gasteiger partial charge is 0.496 e. The van der Waals surface area contributed by atoms with Gasteiger partial charge in [0.05, 0.1) is 29.4 Å². The third-order valence-corrected chi connectivity index (χ3v) is 5.33. The van der Waals surface area contributed by atoms with Crippen molar-refractivity contribution in [2.45, 2.75) is 31.8 Å². The van der Waals surface area contributed by atoms with Crippen molar-refractivity contribution in [2.24, 2.45) is 0 Å². The normalized spacial score (nSPS) is 19.1. The van der Waals surface area contributed by atoms with Crippen molar-refractivity contribution in [3.63, 3.8) is 0 Å². The highest BCUT2D eigenvalue weighted by Crippen LogP contribution is 2.30. The van der Waals surface area contributed by atoms with Crippen LogP contribution in [0.25, 0.3) is 0 Å². The molecule has 3 rings (SSSR count). The van der Waals surface area contributed by atoms with E-state index in [1.807, 2.05) is 6.92 Å². The molecule has 0 aromatic heterocycles. The summed E-state index contributed by atoms with van der Waals surface area (Å²) in [5, 5.41) is 3.36. The molecule has 7 nitrogen and oxygen atoms in total. The van der Waals surface area contributed by atoms with Crippen LogP contribution in [0.3, 0.4) is 0 Å². The van der Waals surface area contributed by atoms with Crippen molar-refractivity contribution in [1.82, 2.24) is 15.1 Å². The fourth-order valence-electron chi connectivity index (χ4n) is 3.10. The van der Waals surface area contributed by atoms with Gasteiger partial charge < -0.3 is 20.7 Å². The summed E-state index contributed by atoms with van der Waals surface area (Å²) >= 11 is 6.07. The van der Waals surface area contributed by atoms with Crippen molar-refractivity contribution in [1.29, 1.82) is 0 Å². The van der Waals surface area contributed by atoms with Gasteiger partial charge in [-0.25, -0.2) is 0 Å². The number of nitrogens with one attached hydrogen (secondary N) is 1. The Labute approximate surface area is 158 Å². The van der Waals surface area contributed by atoms with Crippen molar-refractivity contribution >= 4 is 29.1 Å². The summed E-state index contributed by atoms with van der Waals surface area (Å²) < 4.78 is 5.28. The summed E-state index contributed by atoms with van der Waals surface area (Å²) in [6, 6.07) is 3.29. The van der Waals surface area contributed by atoms with E-state index in [1.54, 1.807) is 17.0 Å². The third kappa shape index (κ3) is 4.04. The van der Waals surface area contributed by atoms with Crippen molar-refractivity contribution in [2.75, 3.05) is 39.0 Å². The molecule has 0 spiro atoms. The van der Waals surface area contributed by atoms with Gasteiger partial charge in [0.25, 0.3) is 5.91 Å². The number of nitrogen functional groups attached to an aromatic ring is 1. The van der Waals surface area contributed by atoms with E-state index in [1.165, 1.54) is 7.11 Å². The van der Waals surface area contributed by atoms with E-state index >= 15 is 0 Å². The zero-order valence-corrected chi connectivity index (χ0v) is 15.9. The van der Waals surface area contributed by atoms with Crippen molar-refractivity contribution < 1.29 is 14.3 Å². The lowest BCUT2D eigenvalue weighted by Crippen LogP contribution is -2.55. The number of amides is 2. The predicted octanol–water partition coefficient (Wildman–Crippen LogP) is 1.36. The average Bonchev–Trinajstić information content (AvgIpc) is 3.46. The number of ether oxygens (including phenoxy) is 1. The number of carbonyl (C=O) groups is 2. The molecule has 1 atom stereocenters. The number of benzene rings is 1. The maximum absolute atomic E-state index is 12.9. The number of nitrogens with zero attached hydrogens (tertiary/aromatic N) is 2. The molecule has 3 N–H and O–H groups in total. The molecule has 1 aromatic rings. The van der Waals surface area contributed by atoms with Crippen molar-refractivity contribution in [3.8, 4) is 5.75 Å². The van der Waals surface area contributed by atoms with Gasteiger partial charge in [-0.1, -0.05) is 11.6 Å². The van der Waals surface area contributed by atoms with E-state index in [2.05, 4.69) is 10.2 Å². The SMILES string of the molecule is COc1cc(N)c(Cl)cc1C(=O)N1CCN(C(C)C(=O)NC2CC2)CC1. The van der Waals surface area contributed by atoms with Crippen LogP contribution in [0.4, 0.5) is 5.69 Å². The van der Waals surface area contributed by atoms with Gasteiger partial charge in [0.15, 0.2) is 0 Å². The average molecular weight is 381 g/mol. The Bertz CT molecular complexity index is 700. The Hall–Kier alpha value is -1.99. The number of rotatable bonds is 5. The standard InChI is InChI=1S/C18H25ClN4O3/c1-11(17(24)21-12-3-4-12)22-5-7-23(8-6-22)18(25)13-9-14(19)15(20)10-16(13)26-2/h9-12H,3-8,20H2,1-2H3,(H,21,24). The minimum atomic E-state index is -0.187. The van der Waals surface area contributed by atoms with E-state index in [9.17, 15) is 9.59 Å². The first-order chi connectivity index (χ1) is 12.4. The summed E-state index contributed by atoms with van der Waals surface area (Å²) in [5.74, 6) is 0.342. The second kappa shape index (κ2) is 7.72. The first kappa shape index (κ1) is 18.8. The molecular formula is C18H25ClN4O3. The minimum Gasteiger partial charge on any atom is -0.496 e. The minimum absolute atomic E-state index is 0.0688. The molecule has 26 heavy (non-hydrogen) atoms. The number of hydrogen-bond acceptors (Lipinski definition) is 5. The van der Waals surface area contributed by atoms with Gasteiger partial charge >= 0.3 is 0 Å². The molecule has 0 bridgehead atoms. The van der Waals surface area contributed by atoms with Crippen LogP contribution in [0.15, 0.2) is 12.1 Å². The van der Waals surface area contributed by atoms with E-state index in [4.69, 9.17) is 22.1 Å². The Morgan fingerprint density at radius 1 is 1.27 bits per heavy atom. The van der Waals surface area contributed by atoms with E-state index in [0.29, 0.717) is 54.2 Å². The van der Waals surface area contributed by atoms with Crippen LogP contribution in [0.1, 0.15) is 30.1 Å². The predicted molar refractivity (Wildman–Crippen MR) is 101 cm³/mol. The summed E-state index contributed by atoms with van der Waals surface area (Å²) in [6.45, 7) is 4.31. The van der Waals surface area contributed by atoms with Crippen molar-refractivity contribution in [3.05, 3.63) is 22.7 Å². The lowest BCUT2D eigenvalue weighted by atomic mass is 10.1. The topological polar surface area (TPSA) is 87.9 Å². The molecule has 2 fully saturated rings. The second-order valence-electron chi connectivity index (χ2n) is 6.86. The van der Waals surface area contributed by atoms with Gasteiger partial charge in [-0.15, -0.1) is 0 Å². The molecule has 1 heterocycles. The van der Waals surface area contributed by atoms with Crippen LogP contribution in [0, 0.1) is 0 Å². The Balaban J connectivity index is 1.61. The Morgan fingerprint density at radius 2 is 1.92 bits per heavy atom. The van der Waals surface area contributed by atoms with Crippen LogP contribution >= 0.6 is 11.6 Å². The summed E-state index contributed by atoms with van der Waals surface area (Å²) in [6.07, 6.45) is 2.15. The third-order valence-electron chi connectivity index (χ3n) is 5.00. The molecular weight excluding hydrogens is 356 g/mol. The van der Waals surface area contributed by atoms with E-state index in [-0.39, 0.29) is 17.9 Å². The van der Waals surface area contributed by atoms with Crippen LogP contribution in [0.5, 0.6) is 5.75 Å². The molecule has 1 saturated carbocycles. The number of carbonyl (C=O) groups excluding carboxylic acids is 2. The molecule has 2 amide bonds. The number of piperazine rings is 1. The maximum atomic E-state index is 12.9. The maximum Gasteiger partial charge on any atom is 0.257 e. The highest BCUT2D eigenvalue weighted by atomic mass is 35.5. The molecule has 1 saturated heterocycles. The number of nitrogens with two attached hydrogens (primary N) is 1. The first-order valence-electron chi connectivity index (χ1n) is 8.87. The molecule has 1 unspecified atom stereocenters. The first-order valence-corrected chi connectivity index (χ1v) is 9.25. The zero-order valence-electron chi connectivity index (χ0n) is 15.1. The number of anilines is 1. The summed E-state index contributed by atoms with van der Waals surface area (Å²) in [7, 11) is 1.50. The quantitative estimate of drug-likeness (QED) is 0.753. The van der Waals surface area contributed by atoms with Crippen LogP contribution in [-0.4, -0.2) is 67.0 Å². The molecule has 1 aromatic carbocycles. The highest BCUT2D eigenvalue weighted by Gasteiger charge is 2.31. The zero-order chi connectivity index (χ0) is 18.8. The number of hydrogen-bond donors (Lipinski definition) is 2. The summed E-state index contributed by atoms with van der Waals surface area (Å²) in [4.78, 5) is 28.9. The van der Waals surface area contributed by atoms with Gasteiger partial charge in [0.2, 0.25) is 5.91 Å². The molecule has 0 radical (unpaired) electrons. The highest BCUT2D eigenvalue weighted by molar-refractivity contribution is 6.33. The molecule has 2 aliphatic rings. The van der Waals surface area contributed by atoms with Gasteiger partial charge in [-0.2, -0.15) is 0 Å². The fraction of sp³-hybridized carbons (Fsp3) is 0.556. The van der Waals surface area contributed by atoms with E-state index in [0.717, 1.165) is 12.8 Å². The Morgan fingerprint density at radius 3 is 2.50 bits per heavy atom. The molecule has 1 aliphatic heterocycles. The fourth-order valence-corrected chi connectivity index (χ4v) is 3.27. The van der Waals surface area contributed by atoms with Gasteiger partial charge in [0.1, 0.15) is 5.75 Å². The van der Waals surface area contributed by atoms with Gasteiger partial charge in [0, 0.05) is 38.3 Å². The van der Waals surface area contributed by atoms with Gasteiger partial charge in [-0.3, -0.25) is 14.5 Å². The summed E-state index contributed by atoms with van der Waals surface area (Å²) in [5.41, 5.74) is 6.56. The lowest BCUT2D eigenvalue weighted by Gasteiger charge is -2.37. The van der Waals surface area contributed by atoms with Crippen LogP contribution in [-0.2, 0) is 4.79 Å². The molecule has 142 valence electrons. The number of methoxy groups -OCH3 is 1. The van der Waals surface area contributed by atoms with Gasteiger partial charge in [-0.05, 0) is 25.8 Å². The molecule has 8 heteroatoms. The number of halogens is 1. The molecule has 1 aliphatic carbocycles. The lowest BCUT2D eigenvalue weighted by molar-refractivity contribution is -0.126. The van der Waals surface area contributed by atoms with E-state index < -0.39 is 0 Å². The Kier molecular flexibility index (Phi) is 5.58. The second-order valence-corrected chi connectivity index (χ2v) is 7.27. The van der Waals surface area contributed by atoms with Crippen LogP contribution in [0.2, 0.25) is 5.02 Å². The monoisotopic (exact) mass is 380 g/mol. The van der Waals surface area contributed by atoms with Crippen LogP contribution < -0.4 is 15.8 Å². The smallest absolute Gasteiger partial charge is 0.257 e.